The Balaban J connectivity index is 3.68. The van der Waals surface area contributed by atoms with Gasteiger partial charge in [0.05, 0.1) is 0 Å². The van der Waals surface area contributed by atoms with Crippen molar-refractivity contribution in [3.63, 3.8) is 0 Å². The molecule has 0 aliphatic heterocycles. The van der Waals surface area contributed by atoms with Crippen molar-refractivity contribution in [2.24, 2.45) is 0 Å². The fourth-order valence-electron chi connectivity index (χ4n) is 5.31. The van der Waals surface area contributed by atoms with Gasteiger partial charge in [0.2, 0.25) is 0 Å². The molecule has 140 valence electrons. The predicted octanol–water partition coefficient (Wildman–Crippen LogP) is 5.00. The van der Waals surface area contributed by atoms with Gasteiger partial charge < -0.3 is 0 Å². The maximum absolute atomic E-state index is 3.23. The van der Waals surface area contributed by atoms with Crippen molar-refractivity contribution in [3.05, 3.63) is 23.3 Å². The van der Waals surface area contributed by atoms with E-state index in [-0.39, 0.29) is 3.17 Å². The second kappa shape index (κ2) is 9.25. The molecule has 0 saturated heterocycles. The summed E-state index contributed by atoms with van der Waals surface area (Å²) in [6, 6.07) is 0. The van der Waals surface area contributed by atoms with Crippen LogP contribution >= 0.6 is 0 Å². The molecule has 1 rings (SSSR count). The van der Waals surface area contributed by atoms with E-state index in [0.717, 1.165) is 0 Å². The van der Waals surface area contributed by atoms with Crippen LogP contribution in [0.2, 0.25) is 3.17 Å². The molecule has 1 aliphatic carbocycles. The Morgan fingerprint density at radius 3 is 1.67 bits per heavy atom. The first kappa shape index (κ1) is 22.3. The molecule has 0 spiro atoms. The number of rotatable bonds is 10. The molecule has 0 bridgehead atoms. The van der Waals surface area contributed by atoms with Gasteiger partial charge in [0.1, 0.15) is 0 Å². The molecule has 3 nitrogen and oxygen atoms in total. The van der Waals surface area contributed by atoms with E-state index in [2.05, 4.69) is 83.9 Å². The van der Waals surface area contributed by atoms with Gasteiger partial charge in [0, 0.05) is 0 Å². The molecule has 0 aromatic rings. The number of allylic oxidation sites excluding steroid dienone is 4. The third-order valence-electron chi connectivity index (χ3n) is 5.54. The third kappa shape index (κ3) is 3.67. The molecule has 4 heteroatoms. The Hall–Kier alpha value is 0.230. The fraction of sp³-hybridized carbons (Fsp3) is 0.800. The number of hydrogen-bond acceptors (Lipinski definition) is 3. The maximum atomic E-state index is 2.71. The Morgan fingerprint density at radius 1 is 0.792 bits per heavy atom. The van der Waals surface area contributed by atoms with Crippen LogP contribution in [0.3, 0.4) is 0 Å². The summed E-state index contributed by atoms with van der Waals surface area (Å²) in [6.07, 6.45) is 12.7. The quantitative estimate of drug-likeness (QED) is 0.390. The molecule has 24 heavy (non-hydrogen) atoms. The molecule has 0 aromatic carbocycles. The van der Waals surface area contributed by atoms with Crippen LogP contribution in [0, 0.1) is 0 Å². The van der Waals surface area contributed by atoms with Gasteiger partial charge in [0.25, 0.3) is 0 Å². The molecule has 0 fully saturated rings. The molecule has 0 radical (unpaired) electrons. The molecule has 1 unspecified atom stereocenters. The number of nitrogens with zero attached hydrogens (tertiary/aromatic N) is 3. The second-order valence-electron chi connectivity index (χ2n) is 7.93. The topological polar surface area (TPSA) is 9.72 Å². The van der Waals surface area contributed by atoms with Crippen molar-refractivity contribution in [1.82, 2.24) is 8.66 Å². The first-order valence-electron chi connectivity index (χ1n) is 9.69. The minimum atomic E-state index is -3.23. The molecular weight excluding hydrogens is 461 g/mol. The Labute approximate surface area is 157 Å². The summed E-state index contributed by atoms with van der Waals surface area (Å²) in [5.41, 5.74) is 3.30. The first-order valence-corrected chi connectivity index (χ1v) is 16.3. The minimum absolute atomic E-state index is 0.263. The SMILES string of the molecule is CCCC1=C[C](CCC)([Hf]([N](C)C)([N](C)C)[N](C)C)C(CCC)=C1. The van der Waals surface area contributed by atoms with Crippen molar-refractivity contribution in [1.29, 1.82) is 0 Å². The van der Waals surface area contributed by atoms with Gasteiger partial charge in [-0.05, 0) is 0 Å². The van der Waals surface area contributed by atoms with Crippen molar-refractivity contribution in [3.8, 4) is 0 Å². The Bertz CT molecular complexity index is 444. The van der Waals surface area contributed by atoms with E-state index in [1.54, 1.807) is 11.1 Å². The predicted molar refractivity (Wildman–Crippen MR) is 105 cm³/mol. The molecule has 0 saturated carbocycles. The molecule has 0 heterocycles. The van der Waals surface area contributed by atoms with Crippen molar-refractivity contribution < 1.29 is 20.8 Å². The van der Waals surface area contributed by atoms with Crippen LogP contribution < -0.4 is 0 Å². The summed E-state index contributed by atoms with van der Waals surface area (Å²) in [4.78, 5) is 0. The molecule has 1 atom stereocenters. The summed E-state index contributed by atoms with van der Waals surface area (Å²) < 4.78 is 8.17. The summed E-state index contributed by atoms with van der Waals surface area (Å²) in [5, 5.41) is 0. The van der Waals surface area contributed by atoms with Crippen LogP contribution in [0.4, 0.5) is 0 Å². The average Bonchev–Trinajstić information content (AvgIpc) is 2.78. The molecule has 0 N–H and O–H groups in total. The third-order valence-corrected chi connectivity index (χ3v) is 25.8. The molecule has 1 aliphatic rings. The molecular formula is C20H41HfN3. The Kier molecular flexibility index (Phi) is 8.58. The van der Waals surface area contributed by atoms with Gasteiger partial charge in [-0.2, -0.15) is 0 Å². The van der Waals surface area contributed by atoms with Gasteiger partial charge in [0.15, 0.2) is 0 Å². The van der Waals surface area contributed by atoms with Crippen LogP contribution in [-0.2, 0) is 20.8 Å². The van der Waals surface area contributed by atoms with Crippen LogP contribution in [0.15, 0.2) is 23.3 Å². The number of hydrogen-bond donors (Lipinski definition) is 0. The van der Waals surface area contributed by atoms with Crippen LogP contribution in [0.5, 0.6) is 0 Å². The monoisotopic (exact) mass is 503 g/mol. The zero-order chi connectivity index (χ0) is 18.5. The van der Waals surface area contributed by atoms with Gasteiger partial charge >= 0.3 is 158 Å². The fourth-order valence-corrected chi connectivity index (χ4v) is 28.2. The molecule has 0 aromatic heterocycles. The summed E-state index contributed by atoms with van der Waals surface area (Å²) in [7, 11) is 14.0. The average molecular weight is 502 g/mol. The van der Waals surface area contributed by atoms with E-state index < -0.39 is 20.8 Å². The van der Waals surface area contributed by atoms with E-state index in [4.69, 9.17) is 0 Å². The summed E-state index contributed by atoms with van der Waals surface area (Å²) >= 11 is -3.23. The summed E-state index contributed by atoms with van der Waals surface area (Å²) in [6.45, 7) is 6.99. The van der Waals surface area contributed by atoms with E-state index in [0.29, 0.717) is 0 Å². The van der Waals surface area contributed by atoms with Gasteiger partial charge in [-0.15, -0.1) is 0 Å². The van der Waals surface area contributed by atoms with E-state index in [9.17, 15) is 0 Å². The zero-order valence-corrected chi connectivity index (χ0v) is 21.3. The molecule has 0 amide bonds. The van der Waals surface area contributed by atoms with Crippen molar-refractivity contribution >= 4 is 0 Å². The normalized spacial score (nSPS) is 21.8. The van der Waals surface area contributed by atoms with Crippen LogP contribution in [0.1, 0.15) is 59.3 Å². The standard InChI is InChI=1S/C14H23.3C2H6N.Hf/c1-4-7-12-10-13(8-5-2)14(11-12)9-6-3;3*1-3-2;/h10-11H,4-9H2,1-3H3;3*1-2H3;/q;3*-1;+3. The van der Waals surface area contributed by atoms with E-state index >= 15 is 0 Å². The van der Waals surface area contributed by atoms with E-state index in [1.165, 1.54) is 38.5 Å². The summed E-state index contributed by atoms with van der Waals surface area (Å²) in [5.74, 6) is 0. The van der Waals surface area contributed by atoms with E-state index in [1.807, 2.05) is 0 Å². The zero-order valence-electron chi connectivity index (χ0n) is 17.7. The second-order valence-corrected chi connectivity index (χ2v) is 25.3. The van der Waals surface area contributed by atoms with Crippen molar-refractivity contribution in [2.75, 3.05) is 42.3 Å². The first-order chi connectivity index (χ1) is 11.2. The van der Waals surface area contributed by atoms with Crippen LogP contribution in [-0.4, -0.2) is 50.9 Å². The van der Waals surface area contributed by atoms with Gasteiger partial charge in [-0.1, -0.05) is 0 Å². The van der Waals surface area contributed by atoms with Gasteiger partial charge in [-0.3, -0.25) is 0 Å². The van der Waals surface area contributed by atoms with Crippen LogP contribution in [0.25, 0.3) is 0 Å². The van der Waals surface area contributed by atoms with Crippen molar-refractivity contribution in [2.45, 2.75) is 62.5 Å². The Morgan fingerprint density at radius 2 is 1.29 bits per heavy atom. The van der Waals surface area contributed by atoms with Gasteiger partial charge in [-0.25, -0.2) is 0 Å².